The van der Waals surface area contributed by atoms with Crippen molar-refractivity contribution in [3.63, 3.8) is 0 Å². The van der Waals surface area contributed by atoms with Crippen molar-refractivity contribution in [3.05, 3.63) is 23.8 Å². The molecule has 0 radical (unpaired) electrons. The van der Waals surface area contributed by atoms with Gasteiger partial charge in [-0.25, -0.2) is 4.79 Å². The maximum atomic E-state index is 11.9. The Kier molecular flexibility index (Phi) is 3.72. The number of carbonyl (C=O) groups is 1. The number of rotatable bonds is 3. The van der Waals surface area contributed by atoms with E-state index in [9.17, 15) is 4.79 Å². The first-order chi connectivity index (χ1) is 8.58. The predicted octanol–water partition coefficient (Wildman–Crippen LogP) is 1.28. The second-order valence-electron chi connectivity index (χ2n) is 4.56. The van der Waals surface area contributed by atoms with Crippen LogP contribution in [0.1, 0.15) is 16.8 Å². The number of carbonyl (C=O) groups excluding carboxylic acids is 1. The third-order valence-electron chi connectivity index (χ3n) is 2.91. The average Bonchev–Trinajstić information content (AvgIpc) is 2.81. The van der Waals surface area contributed by atoms with E-state index in [0.29, 0.717) is 24.5 Å². The van der Waals surface area contributed by atoms with Gasteiger partial charge in [0, 0.05) is 20.5 Å². The molecule has 1 aliphatic heterocycles. The normalized spacial score (nSPS) is 18.7. The molecular weight excluding hydrogens is 232 g/mol. The van der Waals surface area contributed by atoms with Crippen molar-refractivity contribution >= 4 is 17.3 Å². The van der Waals surface area contributed by atoms with Crippen LogP contribution in [0.3, 0.4) is 0 Å². The van der Waals surface area contributed by atoms with Crippen LogP contribution in [-0.4, -0.2) is 39.4 Å². The summed E-state index contributed by atoms with van der Waals surface area (Å²) >= 11 is 0. The molecule has 1 saturated heterocycles. The lowest BCUT2D eigenvalue weighted by molar-refractivity contribution is 0.0271. The number of hydrogen-bond acceptors (Lipinski definition) is 5. The molecule has 1 atom stereocenters. The van der Waals surface area contributed by atoms with Crippen LogP contribution in [0.5, 0.6) is 0 Å². The quantitative estimate of drug-likeness (QED) is 0.646. The summed E-state index contributed by atoms with van der Waals surface area (Å²) in [4.78, 5) is 13.8. The Hall–Kier alpha value is -1.75. The highest BCUT2D eigenvalue weighted by Crippen LogP contribution is 2.23. The summed E-state index contributed by atoms with van der Waals surface area (Å²) in [7, 11) is 3.80. The molecule has 18 heavy (non-hydrogen) atoms. The molecule has 0 amide bonds. The van der Waals surface area contributed by atoms with Crippen molar-refractivity contribution < 1.29 is 14.3 Å². The van der Waals surface area contributed by atoms with Gasteiger partial charge in [0.15, 0.2) is 0 Å². The minimum atomic E-state index is -0.345. The van der Waals surface area contributed by atoms with Gasteiger partial charge < -0.3 is 20.1 Å². The Morgan fingerprint density at radius 2 is 2.28 bits per heavy atom. The Labute approximate surface area is 106 Å². The molecule has 0 aliphatic carbocycles. The Morgan fingerprint density at radius 3 is 2.83 bits per heavy atom. The minimum Gasteiger partial charge on any atom is -0.456 e. The van der Waals surface area contributed by atoms with E-state index in [0.717, 1.165) is 12.1 Å². The van der Waals surface area contributed by atoms with Crippen LogP contribution in [-0.2, 0) is 9.47 Å². The average molecular weight is 250 g/mol. The highest BCUT2D eigenvalue weighted by atomic mass is 16.6. The molecule has 0 bridgehead atoms. The number of esters is 1. The van der Waals surface area contributed by atoms with Gasteiger partial charge in [-0.2, -0.15) is 0 Å². The smallest absolute Gasteiger partial charge is 0.338 e. The zero-order valence-corrected chi connectivity index (χ0v) is 10.7. The van der Waals surface area contributed by atoms with Crippen LogP contribution in [0.4, 0.5) is 11.4 Å². The molecule has 0 saturated carbocycles. The summed E-state index contributed by atoms with van der Waals surface area (Å²) in [5, 5.41) is 0. The summed E-state index contributed by atoms with van der Waals surface area (Å²) in [5.74, 6) is -0.345. The third kappa shape index (κ3) is 2.73. The van der Waals surface area contributed by atoms with E-state index in [2.05, 4.69) is 0 Å². The van der Waals surface area contributed by atoms with E-state index in [1.54, 1.807) is 12.1 Å². The number of nitrogens with two attached hydrogens (primary N) is 1. The highest BCUT2D eigenvalue weighted by molar-refractivity contribution is 5.92. The summed E-state index contributed by atoms with van der Waals surface area (Å²) in [5.41, 5.74) is 7.82. The van der Waals surface area contributed by atoms with Gasteiger partial charge in [0.1, 0.15) is 6.10 Å². The molecule has 1 fully saturated rings. The highest BCUT2D eigenvalue weighted by Gasteiger charge is 2.21. The first-order valence-electron chi connectivity index (χ1n) is 5.93. The van der Waals surface area contributed by atoms with Crippen LogP contribution < -0.4 is 10.6 Å². The van der Waals surface area contributed by atoms with Crippen molar-refractivity contribution in [1.82, 2.24) is 0 Å². The molecule has 2 N–H and O–H groups in total. The fourth-order valence-electron chi connectivity index (χ4n) is 1.91. The van der Waals surface area contributed by atoms with E-state index in [1.807, 2.05) is 25.1 Å². The molecule has 1 aliphatic rings. The fraction of sp³-hybridized carbons (Fsp3) is 0.462. The Balaban J connectivity index is 2.08. The monoisotopic (exact) mass is 250 g/mol. The minimum absolute atomic E-state index is 0.132. The second-order valence-corrected chi connectivity index (χ2v) is 4.56. The van der Waals surface area contributed by atoms with Crippen LogP contribution in [0, 0.1) is 0 Å². The molecule has 5 nitrogen and oxygen atoms in total. The molecule has 1 aromatic carbocycles. The molecule has 1 aromatic rings. The molecule has 5 heteroatoms. The lowest BCUT2D eigenvalue weighted by Gasteiger charge is -2.16. The van der Waals surface area contributed by atoms with Crippen LogP contribution in [0.2, 0.25) is 0 Å². The van der Waals surface area contributed by atoms with Gasteiger partial charge in [-0.05, 0) is 18.2 Å². The van der Waals surface area contributed by atoms with Crippen molar-refractivity contribution in [3.8, 4) is 0 Å². The van der Waals surface area contributed by atoms with Crippen molar-refractivity contribution in [2.75, 3.05) is 37.9 Å². The van der Waals surface area contributed by atoms with Crippen LogP contribution in [0.25, 0.3) is 0 Å². The molecule has 98 valence electrons. The van der Waals surface area contributed by atoms with E-state index in [-0.39, 0.29) is 12.1 Å². The zero-order chi connectivity index (χ0) is 13.1. The standard InChI is InChI=1S/C13H18N2O3/c1-15(2)12-4-3-9(7-11(12)14)13(16)18-10-5-6-17-8-10/h3-4,7,10H,5-6,8,14H2,1-2H3. The van der Waals surface area contributed by atoms with Crippen LogP contribution >= 0.6 is 0 Å². The predicted molar refractivity (Wildman–Crippen MR) is 69.8 cm³/mol. The van der Waals surface area contributed by atoms with Gasteiger partial charge in [-0.15, -0.1) is 0 Å². The van der Waals surface area contributed by atoms with E-state index in [4.69, 9.17) is 15.2 Å². The molecule has 0 aromatic heterocycles. The lowest BCUT2D eigenvalue weighted by atomic mass is 10.1. The second kappa shape index (κ2) is 5.27. The maximum absolute atomic E-state index is 11.9. The molecule has 1 heterocycles. The number of nitrogen functional groups attached to an aromatic ring is 1. The Morgan fingerprint density at radius 1 is 1.50 bits per heavy atom. The third-order valence-corrected chi connectivity index (χ3v) is 2.91. The molecule has 1 unspecified atom stereocenters. The van der Waals surface area contributed by atoms with E-state index >= 15 is 0 Å². The van der Waals surface area contributed by atoms with Crippen molar-refractivity contribution in [2.45, 2.75) is 12.5 Å². The summed E-state index contributed by atoms with van der Waals surface area (Å²) < 4.78 is 10.5. The van der Waals surface area contributed by atoms with Crippen molar-refractivity contribution in [2.24, 2.45) is 0 Å². The van der Waals surface area contributed by atoms with E-state index in [1.165, 1.54) is 0 Å². The summed E-state index contributed by atoms with van der Waals surface area (Å²) in [6, 6.07) is 5.19. The van der Waals surface area contributed by atoms with E-state index < -0.39 is 0 Å². The largest absolute Gasteiger partial charge is 0.456 e. The van der Waals surface area contributed by atoms with Crippen molar-refractivity contribution in [1.29, 1.82) is 0 Å². The van der Waals surface area contributed by atoms with Gasteiger partial charge in [0.2, 0.25) is 0 Å². The molecule has 2 rings (SSSR count). The number of hydrogen-bond donors (Lipinski definition) is 1. The fourth-order valence-corrected chi connectivity index (χ4v) is 1.91. The number of benzene rings is 1. The lowest BCUT2D eigenvalue weighted by Crippen LogP contribution is -2.18. The first kappa shape index (κ1) is 12.7. The maximum Gasteiger partial charge on any atom is 0.338 e. The molecule has 0 spiro atoms. The zero-order valence-electron chi connectivity index (χ0n) is 10.7. The number of anilines is 2. The van der Waals surface area contributed by atoms with Gasteiger partial charge in [0.05, 0.1) is 30.2 Å². The number of nitrogens with zero attached hydrogens (tertiary/aromatic N) is 1. The summed E-state index contributed by atoms with van der Waals surface area (Å²) in [6.45, 7) is 1.14. The van der Waals surface area contributed by atoms with Gasteiger partial charge in [0.25, 0.3) is 0 Å². The Bertz CT molecular complexity index is 440. The first-order valence-corrected chi connectivity index (χ1v) is 5.93. The van der Waals surface area contributed by atoms with Gasteiger partial charge in [-0.1, -0.05) is 0 Å². The van der Waals surface area contributed by atoms with Gasteiger partial charge in [-0.3, -0.25) is 0 Å². The topological polar surface area (TPSA) is 64.8 Å². The molecular formula is C13H18N2O3. The van der Waals surface area contributed by atoms with Crippen LogP contribution in [0.15, 0.2) is 18.2 Å². The van der Waals surface area contributed by atoms with Gasteiger partial charge >= 0.3 is 5.97 Å². The summed E-state index contributed by atoms with van der Waals surface area (Å²) in [6.07, 6.45) is 0.629. The SMILES string of the molecule is CN(C)c1ccc(C(=O)OC2CCOC2)cc1N. The number of ether oxygens (including phenoxy) is 2.